The lowest BCUT2D eigenvalue weighted by Crippen LogP contribution is -2.15. The number of rotatable bonds is 5. The molecule has 88 valence electrons. The minimum Gasteiger partial charge on any atom is -0.494 e. The van der Waals surface area contributed by atoms with Crippen molar-refractivity contribution in [3.05, 3.63) is 24.3 Å². The van der Waals surface area contributed by atoms with E-state index in [9.17, 15) is 0 Å². The highest BCUT2D eigenvalue weighted by Crippen LogP contribution is 2.20. The van der Waals surface area contributed by atoms with Crippen LogP contribution in [0.25, 0.3) is 0 Å². The summed E-state index contributed by atoms with van der Waals surface area (Å²) in [6, 6.07) is 7.84. The quantitative estimate of drug-likeness (QED) is 0.825. The van der Waals surface area contributed by atoms with E-state index < -0.39 is 0 Å². The fraction of sp³-hybridized carbons (Fsp3) is 0.538. The molecule has 1 aromatic carbocycles. The smallest absolute Gasteiger partial charge is 0.122 e. The van der Waals surface area contributed by atoms with Crippen molar-refractivity contribution in [2.24, 2.45) is 5.92 Å². The first-order valence-electron chi connectivity index (χ1n) is 5.95. The minimum absolute atomic E-state index is 0.649. The fourth-order valence-electron chi connectivity index (χ4n) is 1.89. The molecule has 3 heteroatoms. The van der Waals surface area contributed by atoms with Crippen LogP contribution in [0.2, 0.25) is 0 Å². The molecule has 1 heterocycles. The summed E-state index contributed by atoms with van der Waals surface area (Å²) in [5, 5.41) is 3.34. The van der Waals surface area contributed by atoms with Gasteiger partial charge in [-0.15, -0.1) is 0 Å². The molecule has 1 saturated heterocycles. The molecule has 2 rings (SSSR count). The first-order valence-corrected chi connectivity index (χ1v) is 5.95. The molecule has 1 N–H and O–H groups in total. The molecule has 1 atom stereocenters. The van der Waals surface area contributed by atoms with Gasteiger partial charge in [0.05, 0.1) is 13.2 Å². The number of benzene rings is 1. The summed E-state index contributed by atoms with van der Waals surface area (Å²) >= 11 is 0. The van der Waals surface area contributed by atoms with Gasteiger partial charge in [0.1, 0.15) is 11.5 Å². The summed E-state index contributed by atoms with van der Waals surface area (Å²) in [6.45, 7) is 5.66. The summed E-state index contributed by atoms with van der Waals surface area (Å²) in [4.78, 5) is 0. The number of ether oxygens (including phenoxy) is 2. The van der Waals surface area contributed by atoms with E-state index in [4.69, 9.17) is 9.47 Å². The van der Waals surface area contributed by atoms with Crippen molar-refractivity contribution >= 4 is 0 Å². The van der Waals surface area contributed by atoms with Gasteiger partial charge in [-0.25, -0.2) is 0 Å². The molecule has 0 spiro atoms. The first-order chi connectivity index (χ1) is 7.88. The second-order valence-electron chi connectivity index (χ2n) is 4.08. The van der Waals surface area contributed by atoms with Crippen LogP contribution in [0.1, 0.15) is 13.3 Å². The van der Waals surface area contributed by atoms with Gasteiger partial charge >= 0.3 is 0 Å². The van der Waals surface area contributed by atoms with Gasteiger partial charge in [0.15, 0.2) is 0 Å². The Morgan fingerprint density at radius 3 is 2.81 bits per heavy atom. The summed E-state index contributed by atoms with van der Waals surface area (Å²) in [5.41, 5.74) is 0. The maximum atomic E-state index is 5.76. The highest BCUT2D eigenvalue weighted by atomic mass is 16.5. The van der Waals surface area contributed by atoms with Gasteiger partial charge in [0.25, 0.3) is 0 Å². The van der Waals surface area contributed by atoms with E-state index in [1.54, 1.807) is 0 Å². The van der Waals surface area contributed by atoms with Crippen molar-refractivity contribution in [2.75, 3.05) is 26.3 Å². The molecule has 0 aromatic heterocycles. The molecule has 1 unspecified atom stereocenters. The zero-order valence-corrected chi connectivity index (χ0v) is 9.74. The van der Waals surface area contributed by atoms with Crippen molar-refractivity contribution < 1.29 is 9.47 Å². The second-order valence-corrected chi connectivity index (χ2v) is 4.08. The molecule has 0 bridgehead atoms. The Kier molecular flexibility index (Phi) is 4.05. The fourth-order valence-corrected chi connectivity index (χ4v) is 1.89. The number of hydrogen-bond donors (Lipinski definition) is 1. The van der Waals surface area contributed by atoms with Crippen LogP contribution in [0, 0.1) is 5.92 Å². The SMILES string of the molecule is CCOc1cccc(OCC2CCNC2)c1. The molecule has 1 aliphatic heterocycles. The second kappa shape index (κ2) is 5.75. The van der Waals surface area contributed by atoms with Crippen molar-refractivity contribution in [3.63, 3.8) is 0 Å². The van der Waals surface area contributed by atoms with Crippen molar-refractivity contribution in [1.82, 2.24) is 5.32 Å². The maximum absolute atomic E-state index is 5.76. The summed E-state index contributed by atoms with van der Waals surface area (Å²) in [6.07, 6.45) is 1.21. The van der Waals surface area contributed by atoms with Gasteiger partial charge in [-0.2, -0.15) is 0 Å². The summed E-state index contributed by atoms with van der Waals surface area (Å²) in [7, 11) is 0. The third kappa shape index (κ3) is 3.14. The van der Waals surface area contributed by atoms with E-state index in [1.807, 2.05) is 31.2 Å². The number of hydrogen-bond acceptors (Lipinski definition) is 3. The van der Waals surface area contributed by atoms with Gasteiger partial charge in [-0.3, -0.25) is 0 Å². The van der Waals surface area contributed by atoms with E-state index in [1.165, 1.54) is 6.42 Å². The van der Waals surface area contributed by atoms with Crippen molar-refractivity contribution in [1.29, 1.82) is 0 Å². The molecule has 1 fully saturated rings. The van der Waals surface area contributed by atoms with Crippen LogP contribution in [0.3, 0.4) is 0 Å². The monoisotopic (exact) mass is 221 g/mol. The summed E-state index contributed by atoms with van der Waals surface area (Å²) in [5.74, 6) is 2.43. The van der Waals surface area contributed by atoms with Gasteiger partial charge in [0.2, 0.25) is 0 Å². The van der Waals surface area contributed by atoms with E-state index >= 15 is 0 Å². The Morgan fingerprint density at radius 2 is 2.12 bits per heavy atom. The van der Waals surface area contributed by atoms with Gasteiger partial charge in [-0.1, -0.05) is 6.07 Å². The minimum atomic E-state index is 0.649. The Labute approximate surface area is 96.8 Å². The molecule has 0 radical (unpaired) electrons. The van der Waals surface area contributed by atoms with Crippen LogP contribution in [-0.4, -0.2) is 26.3 Å². The number of nitrogens with one attached hydrogen (secondary N) is 1. The highest BCUT2D eigenvalue weighted by molar-refractivity contribution is 5.32. The van der Waals surface area contributed by atoms with E-state index in [0.29, 0.717) is 12.5 Å². The topological polar surface area (TPSA) is 30.5 Å². The molecule has 0 saturated carbocycles. The Balaban J connectivity index is 1.85. The molecule has 0 amide bonds. The average Bonchev–Trinajstić information content (AvgIpc) is 2.80. The molecular formula is C13H19NO2. The highest BCUT2D eigenvalue weighted by Gasteiger charge is 2.14. The van der Waals surface area contributed by atoms with Crippen LogP contribution in [0.5, 0.6) is 11.5 Å². The Bertz CT molecular complexity index is 321. The molecule has 16 heavy (non-hydrogen) atoms. The third-order valence-electron chi connectivity index (χ3n) is 2.76. The predicted octanol–water partition coefficient (Wildman–Crippen LogP) is 2.07. The lowest BCUT2D eigenvalue weighted by molar-refractivity contribution is 0.258. The summed E-state index contributed by atoms with van der Waals surface area (Å²) < 4.78 is 11.2. The lowest BCUT2D eigenvalue weighted by Gasteiger charge is -2.11. The molecule has 0 aliphatic carbocycles. The standard InChI is InChI=1S/C13H19NO2/c1-2-15-12-4-3-5-13(8-12)16-10-11-6-7-14-9-11/h3-5,8,11,14H,2,6-7,9-10H2,1H3. The van der Waals surface area contributed by atoms with Gasteiger partial charge in [-0.05, 0) is 32.0 Å². The average molecular weight is 221 g/mol. The van der Waals surface area contributed by atoms with E-state index in [2.05, 4.69) is 5.32 Å². The van der Waals surface area contributed by atoms with Crippen molar-refractivity contribution in [2.45, 2.75) is 13.3 Å². The van der Waals surface area contributed by atoms with Gasteiger partial charge in [0, 0.05) is 18.5 Å². The Morgan fingerprint density at radius 1 is 1.31 bits per heavy atom. The van der Waals surface area contributed by atoms with Crippen LogP contribution in [0.4, 0.5) is 0 Å². The lowest BCUT2D eigenvalue weighted by atomic mass is 10.1. The molecule has 1 aliphatic rings. The van der Waals surface area contributed by atoms with Crippen LogP contribution >= 0.6 is 0 Å². The largest absolute Gasteiger partial charge is 0.494 e. The van der Waals surface area contributed by atoms with Crippen LogP contribution in [0.15, 0.2) is 24.3 Å². The predicted molar refractivity (Wildman–Crippen MR) is 64.1 cm³/mol. The van der Waals surface area contributed by atoms with Crippen molar-refractivity contribution in [3.8, 4) is 11.5 Å². The van der Waals surface area contributed by atoms with E-state index in [0.717, 1.165) is 31.2 Å². The Hall–Kier alpha value is -1.22. The van der Waals surface area contributed by atoms with Gasteiger partial charge < -0.3 is 14.8 Å². The normalized spacial score (nSPS) is 19.7. The first kappa shape index (κ1) is 11.3. The van der Waals surface area contributed by atoms with Crippen LogP contribution < -0.4 is 14.8 Å². The third-order valence-corrected chi connectivity index (χ3v) is 2.76. The molecule has 3 nitrogen and oxygen atoms in total. The molecular weight excluding hydrogens is 202 g/mol. The molecule has 1 aromatic rings. The maximum Gasteiger partial charge on any atom is 0.122 e. The zero-order chi connectivity index (χ0) is 11.2. The zero-order valence-electron chi connectivity index (χ0n) is 9.74. The van der Waals surface area contributed by atoms with E-state index in [-0.39, 0.29) is 0 Å². The van der Waals surface area contributed by atoms with Crippen LogP contribution in [-0.2, 0) is 0 Å².